The lowest BCUT2D eigenvalue weighted by molar-refractivity contribution is -0.134. The Morgan fingerprint density at radius 2 is 1.92 bits per heavy atom. The van der Waals surface area contributed by atoms with E-state index in [0.717, 1.165) is 23.1 Å². The first kappa shape index (κ1) is 17.0. The van der Waals surface area contributed by atoms with Crippen LogP contribution < -0.4 is 0 Å². The van der Waals surface area contributed by atoms with Gasteiger partial charge in [-0.05, 0) is 53.8 Å². The summed E-state index contributed by atoms with van der Waals surface area (Å²) in [7, 11) is 0. The first-order chi connectivity index (χ1) is 12.1. The van der Waals surface area contributed by atoms with Crippen molar-refractivity contribution in [3.05, 3.63) is 69.7 Å². The van der Waals surface area contributed by atoms with Crippen LogP contribution in [0.1, 0.15) is 22.3 Å². The molecule has 1 aliphatic rings. The van der Waals surface area contributed by atoms with Crippen LogP contribution in [-0.4, -0.2) is 17.4 Å². The Kier molecular flexibility index (Phi) is 5.03. The number of nitriles is 2. The quantitative estimate of drug-likeness (QED) is 0.851. The highest BCUT2D eigenvalue weighted by atomic mass is 35.5. The zero-order valence-corrected chi connectivity index (χ0v) is 14.3. The minimum atomic E-state index is -0.721. The molecule has 0 saturated heterocycles. The third kappa shape index (κ3) is 3.82. The summed E-state index contributed by atoms with van der Waals surface area (Å²) < 4.78 is 0. The fourth-order valence-corrected chi connectivity index (χ4v) is 3.26. The first-order valence-corrected chi connectivity index (χ1v) is 8.43. The van der Waals surface area contributed by atoms with E-state index < -0.39 is 5.92 Å². The second-order valence-corrected chi connectivity index (χ2v) is 6.55. The van der Waals surface area contributed by atoms with Gasteiger partial charge in [-0.25, -0.2) is 0 Å². The molecular weight excluding hydrogens is 334 g/mol. The second-order valence-electron chi connectivity index (χ2n) is 6.12. The van der Waals surface area contributed by atoms with Crippen molar-refractivity contribution in [1.82, 2.24) is 4.90 Å². The van der Waals surface area contributed by atoms with Crippen molar-refractivity contribution < 1.29 is 4.79 Å². The largest absolute Gasteiger partial charge is 0.337 e. The van der Waals surface area contributed by atoms with Gasteiger partial charge in [-0.15, -0.1) is 0 Å². The lowest BCUT2D eigenvalue weighted by atomic mass is 9.95. The van der Waals surface area contributed by atoms with Crippen molar-refractivity contribution in [2.45, 2.75) is 19.4 Å². The maximum absolute atomic E-state index is 12.8. The van der Waals surface area contributed by atoms with Crippen LogP contribution in [-0.2, 0) is 24.2 Å². The number of nitrogens with zero attached hydrogens (tertiary/aromatic N) is 3. The molecule has 0 radical (unpaired) electrons. The fraction of sp³-hybridized carbons (Fsp3) is 0.250. The van der Waals surface area contributed by atoms with Crippen molar-refractivity contribution in [2.75, 3.05) is 6.54 Å². The van der Waals surface area contributed by atoms with E-state index in [0.29, 0.717) is 30.1 Å². The standard InChI is InChI=1S/C20H16ClN3O/c21-19-6-5-17-13-24(8-7-16(17)10-19)20(25)18(12-23)9-14-1-3-15(11-22)4-2-14/h1-6,10,18H,7-9,13H2. The van der Waals surface area contributed by atoms with Gasteiger partial charge in [0, 0.05) is 18.1 Å². The lowest BCUT2D eigenvalue weighted by Crippen LogP contribution is -2.40. The molecule has 1 aliphatic heterocycles. The average Bonchev–Trinajstić information content (AvgIpc) is 2.65. The number of amides is 1. The summed E-state index contributed by atoms with van der Waals surface area (Å²) in [5.41, 5.74) is 3.69. The summed E-state index contributed by atoms with van der Waals surface area (Å²) in [5, 5.41) is 19.0. The zero-order valence-electron chi connectivity index (χ0n) is 13.6. The summed E-state index contributed by atoms with van der Waals surface area (Å²) in [5.74, 6) is -0.866. The van der Waals surface area contributed by atoms with Gasteiger partial charge >= 0.3 is 0 Å². The van der Waals surface area contributed by atoms with E-state index in [-0.39, 0.29) is 5.91 Å². The summed E-state index contributed by atoms with van der Waals surface area (Å²) in [6, 6.07) is 16.9. The number of hydrogen-bond donors (Lipinski definition) is 0. The van der Waals surface area contributed by atoms with Crippen LogP contribution in [0.3, 0.4) is 0 Å². The number of hydrogen-bond acceptors (Lipinski definition) is 3. The Morgan fingerprint density at radius 1 is 1.16 bits per heavy atom. The molecular formula is C20H16ClN3O. The van der Waals surface area contributed by atoms with Crippen molar-refractivity contribution in [3.8, 4) is 12.1 Å². The molecule has 2 aromatic carbocycles. The number of rotatable bonds is 3. The Labute approximate surface area is 151 Å². The molecule has 0 spiro atoms. The molecule has 0 aliphatic carbocycles. The van der Waals surface area contributed by atoms with Crippen molar-refractivity contribution in [2.24, 2.45) is 5.92 Å². The predicted octanol–water partition coefficient (Wildman–Crippen LogP) is 3.48. The van der Waals surface area contributed by atoms with Crippen molar-refractivity contribution in [3.63, 3.8) is 0 Å². The summed E-state index contributed by atoms with van der Waals surface area (Å²) in [6.45, 7) is 1.11. The smallest absolute Gasteiger partial charge is 0.240 e. The van der Waals surface area contributed by atoms with Gasteiger partial charge in [0.2, 0.25) is 5.91 Å². The summed E-state index contributed by atoms with van der Waals surface area (Å²) in [4.78, 5) is 14.5. The van der Waals surface area contributed by atoms with Crippen LogP contribution in [0.2, 0.25) is 5.02 Å². The van der Waals surface area contributed by atoms with E-state index in [1.54, 1.807) is 29.2 Å². The molecule has 0 saturated carbocycles. The normalized spacial score (nSPS) is 14.1. The SMILES string of the molecule is N#Cc1ccc(CC(C#N)C(=O)N2CCc3cc(Cl)ccc3C2)cc1. The molecule has 5 heteroatoms. The van der Waals surface area contributed by atoms with Gasteiger partial charge in [0.1, 0.15) is 5.92 Å². The van der Waals surface area contributed by atoms with Crippen molar-refractivity contribution in [1.29, 1.82) is 10.5 Å². The van der Waals surface area contributed by atoms with Crippen LogP contribution in [0, 0.1) is 28.6 Å². The Hall–Kier alpha value is -2.82. The maximum atomic E-state index is 12.8. The summed E-state index contributed by atoms with van der Waals surface area (Å²) >= 11 is 6.02. The Balaban J connectivity index is 1.71. The molecule has 2 aromatic rings. The van der Waals surface area contributed by atoms with Crippen LogP contribution in [0.5, 0.6) is 0 Å². The van der Waals surface area contributed by atoms with Gasteiger partial charge in [0.15, 0.2) is 0 Å². The van der Waals surface area contributed by atoms with Gasteiger partial charge < -0.3 is 4.90 Å². The number of halogens is 1. The zero-order chi connectivity index (χ0) is 17.8. The molecule has 0 N–H and O–H groups in total. The molecule has 0 fully saturated rings. The molecule has 1 amide bonds. The van der Waals surface area contributed by atoms with E-state index >= 15 is 0 Å². The van der Waals surface area contributed by atoms with Crippen LogP contribution >= 0.6 is 11.6 Å². The molecule has 1 unspecified atom stereocenters. The molecule has 0 aromatic heterocycles. The number of carbonyl (C=O) groups excluding carboxylic acids is 1. The fourth-order valence-electron chi connectivity index (χ4n) is 3.07. The molecule has 1 atom stereocenters. The van der Waals surface area contributed by atoms with Crippen LogP contribution in [0.4, 0.5) is 0 Å². The minimum absolute atomic E-state index is 0.146. The monoisotopic (exact) mass is 349 g/mol. The van der Waals surface area contributed by atoms with E-state index in [1.807, 2.05) is 18.2 Å². The van der Waals surface area contributed by atoms with Gasteiger partial charge in [-0.1, -0.05) is 29.8 Å². The average molecular weight is 350 g/mol. The Morgan fingerprint density at radius 3 is 2.60 bits per heavy atom. The molecule has 0 bridgehead atoms. The molecule has 124 valence electrons. The highest BCUT2D eigenvalue weighted by Gasteiger charge is 2.27. The molecule has 4 nitrogen and oxygen atoms in total. The maximum Gasteiger partial charge on any atom is 0.240 e. The third-order valence-electron chi connectivity index (χ3n) is 4.47. The molecule has 1 heterocycles. The first-order valence-electron chi connectivity index (χ1n) is 8.05. The number of benzene rings is 2. The minimum Gasteiger partial charge on any atom is -0.337 e. The predicted molar refractivity (Wildman–Crippen MR) is 94.5 cm³/mol. The van der Waals surface area contributed by atoms with E-state index in [1.165, 1.54) is 0 Å². The van der Waals surface area contributed by atoms with Gasteiger partial charge in [-0.2, -0.15) is 10.5 Å². The van der Waals surface area contributed by atoms with E-state index in [4.69, 9.17) is 16.9 Å². The van der Waals surface area contributed by atoms with E-state index in [2.05, 4.69) is 12.1 Å². The summed E-state index contributed by atoms with van der Waals surface area (Å²) in [6.07, 6.45) is 1.10. The number of carbonyl (C=O) groups is 1. The van der Waals surface area contributed by atoms with Gasteiger partial charge in [0.25, 0.3) is 0 Å². The number of fused-ring (bicyclic) bond motifs is 1. The van der Waals surface area contributed by atoms with Crippen LogP contribution in [0.15, 0.2) is 42.5 Å². The van der Waals surface area contributed by atoms with Gasteiger partial charge in [0.05, 0.1) is 17.7 Å². The highest BCUT2D eigenvalue weighted by Crippen LogP contribution is 2.24. The van der Waals surface area contributed by atoms with Crippen LogP contribution in [0.25, 0.3) is 0 Å². The topological polar surface area (TPSA) is 67.9 Å². The highest BCUT2D eigenvalue weighted by molar-refractivity contribution is 6.30. The molecule has 3 rings (SSSR count). The van der Waals surface area contributed by atoms with Crippen molar-refractivity contribution >= 4 is 17.5 Å². The molecule has 25 heavy (non-hydrogen) atoms. The van der Waals surface area contributed by atoms with Gasteiger partial charge in [-0.3, -0.25) is 4.79 Å². The lowest BCUT2D eigenvalue weighted by Gasteiger charge is -2.30. The second kappa shape index (κ2) is 7.38. The Bertz CT molecular complexity index is 877. The van der Waals surface area contributed by atoms with E-state index in [9.17, 15) is 10.1 Å². The third-order valence-corrected chi connectivity index (χ3v) is 4.70.